The molecule has 1 aromatic carbocycles. The van der Waals surface area contributed by atoms with Crippen LogP contribution in [0.4, 0.5) is 8.78 Å². The summed E-state index contributed by atoms with van der Waals surface area (Å²) in [5.41, 5.74) is 0.0918. The molecular formula is C13H17F2NO2S. The average molecular weight is 289 g/mol. The second-order valence-electron chi connectivity index (χ2n) is 5.80. The summed E-state index contributed by atoms with van der Waals surface area (Å²) in [6.07, 6.45) is 2.37. The Kier molecular flexibility index (Phi) is 3.66. The van der Waals surface area contributed by atoms with E-state index in [0.29, 0.717) is 6.07 Å². The first-order valence-electron chi connectivity index (χ1n) is 6.17. The highest BCUT2D eigenvalue weighted by molar-refractivity contribution is 7.89. The van der Waals surface area contributed by atoms with E-state index in [2.05, 4.69) is 18.6 Å². The van der Waals surface area contributed by atoms with E-state index < -0.39 is 26.6 Å². The monoisotopic (exact) mass is 289 g/mol. The first-order valence-corrected chi connectivity index (χ1v) is 7.65. The highest BCUT2D eigenvalue weighted by atomic mass is 32.2. The van der Waals surface area contributed by atoms with Crippen molar-refractivity contribution in [3.63, 3.8) is 0 Å². The lowest BCUT2D eigenvalue weighted by Gasteiger charge is -2.18. The van der Waals surface area contributed by atoms with Gasteiger partial charge in [0.1, 0.15) is 16.5 Å². The Bertz CT molecular complexity index is 584. The van der Waals surface area contributed by atoms with E-state index in [4.69, 9.17) is 0 Å². The number of hydrogen-bond donors (Lipinski definition) is 1. The lowest BCUT2D eigenvalue weighted by atomic mass is 9.92. The molecule has 106 valence electrons. The van der Waals surface area contributed by atoms with Gasteiger partial charge in [0.05, 0.1) is 0 Å². The Labute approximate surface area is 112 Å². The van der Waals surface area contributed by atoms with Crippen LogP contribution in [-0.4, -0.2) is 14.5 Å². The molecular weight excluding hydrogens is 272 g/mol. The molecule has 2 rings (SSSR count). The molecule has 0 bridgehead atoms. The molecule has 0 amide bonds. The molecule has 3 nitrogen and oxygen atoms in total. The molecule has 0 heterocycles. The standard InChI is InChI=1S/C13H17F2NO2S/c1-13(2)6-5-10(8-13)16-19(17,18)12-4-3-9(14)7-11(12)15/h3-4,7,10,16H,5-6,8H2,1-2H3. The predicted molar refractivity (Wildman–Crippen MR) is 68.1 cm³/mol. The van der Waals surface area contributed by atoms with E-state index in [9.17, 15) is 17.2 Å². The van der Waals surface area contributed by atoms with Crippen molar-refractivity contribution in [2.75, 3.05) is 0 Å². The van der Waals surface area contributed by atoms with Crippen LogP contribution in [0.5, 0.6) is 0 Å². The number of hydrogen-bond acceptors (Lipinski definition) is 2. The molecule has 0 saturated heterocycles. The SMILES string of the molecule is CC1(C)CCC(NS(=O)(=O)c2ccc(F)cc2F)C1. The van der Waals surface area contributed by atoms with Crippen LogP contribution in [0.3, 0.4) is 0 Å². The van der Waals surface area contributed by atoms with Crippen LogP contribution in [0.25, 0.3) is 0 Å². The van der Waals surface area contributed by atoms with Gasteiger partial charge in [0.15, 0.2) is 0 Å². The van der Waals surface area contributed by atoms with Crippen molar-refractivity contribution in [3.05, 3.63) is 29.8 Å². The van der Waals surface area contributed by atoms with E-state index >= 15 is 0 Å². The second kappa shape index (κ2) is 4.83. The predicted octanol–water partition coefficient (Wildman–Crippen LogP) is 2.82. The van der Waals surface area contributed by atoms with Crippen molar-refractivity contribution < 1.29 is 17.2 Å². The summed E-state index contributed by atoms with van der Waals surface area (Å²) in [5, 5.41) is 0. The quantitative estimate of drug-likeness (QED) is 0.930. The molecule has 1 aliphatic carbocycles. The van der Waals surface area contributed by atoms with Gasteiger partial charge in [0.2, 0.25) is 10.0 Å². The van der Waals surface area contributed by atoms with Gasteiger partial charge in [-0.25, -0.2) is 21.9 Å². The van der Waals surface area contributed by atoms with Gasteiger partial charge in [-0.2, -0.15) is 0 Å². The molecule has 1 N–H and O–H groups in total. The summed E-state index contributed by atoms with van der Waals surface area (Å²) in [5.74, 6) is -1.86. The lowest BCUT2D eigenvalue weighted by Crippen LogP contribution is -2.34. The van der Waals surface area contributed by atoms with Crippen LogP contribution < -0.4 is 4.72 Å². The summed E-state index contributed by atoms with van der Waals surface area (Å²) in [7, 11) is -3.93. The van der Waals surface area contributed by atoms with Gasteiger partial charge in [-0.3, -0.25) is 0 Å². The Morgan fingerprint density at radius 2 is 2.00 bits per heavy atom. The normalized spacial score (nSPS) is 22.6. The van der Waals surface area contributed by atoms with E-state index in [0.717, 1.165) is 31.4 Å². The summed E-state index contributed by atoms with van der Waals surface area (Å²) < 4.78 is 52.9. The Morgan fingerprint density at radius 1 is 1.32 bits per heavy atom. The smallest absolute Gasteiger partial charge is 0.208 e. The number of halogens is 2. The fraction of sp³-hybridized carbons (Fsp3) is 0.538. The fourth-order valence-corrected chi connectivity index (χ4v) is 3.84. The van der Waals surface area contributed by atoms with Gasteiger partial charge >= 0.3 is 0 Å². The molecule has 0 spiro atoms. The van der Waals surface area contributed by atoms with Crippen LogP contribution >= 0.6 is 0 Å². The molecule has 1 atom stereocenters. The number of nitrogens with one attached hydrogen (secondary N) is 1. The number of sulfonamides is 1. The summed E-state index contributed by atoms with van der Waals surface area (Å²) >= 11 is 0. The van der Waals surface area contributed by atoms with Crippen LogP contribution in [0.15, 0.2) is 23.1 Å². The minimum absolute atomic E-state index is 0.0918. The minimum atomic E-state index is -3.93. The molecule has 1 aromatic rings. The fourth-order valence-electron chi connectivity index (χ4n) is 2.51. The van der Waals surface area contributed by atoms with Crippen molar-refractivity contribution in [1.29, 1.82) is 0 Å². The molecule has 1 unspecified atom stereocenters. The third kappa shape index (κ3) is 3.30. The van der Waals surface area contributed by atoms with Crippen LogP contribution in [0, 0.1) is 17.0 Å². The molecule has 0 radical (unpaired) electrons. The number of benzene rings is 1. The van der Waals surface area contributed by atoms with Gasteiger partial charge in [-0.1, -0.05) is 13.8 Å². The Balaban J connectivity index is 2.19. The van der Waals surface area contributed by atoms with E-state index in [1.165, 1.54) is 0 Å². The highest BCUT2D eigenvalue weighted by Gasteiger charge is 2.34. The molecule has 1 aliphatic rings. The van der Waals surface area contributed by atoms with Gasteiger partial charge in [0.25, 0.3) is 0 Å². The summed E-state index contributed by atoms with van der Waals surface area (Å²) in [6.45, 7) is 4.14. The molecule has 19 heavy (non-hydrogen) atoms. The van der Waals surface area contributed by atoms with Gasteiger partial charge in [-0.05, 0) is 36.8 Å². The molecule has 6 heteroatoms. The maximum absolute atomic E-state index is 13.5. The summed E-state index contributed by atoms with van der Waals surface area (Å²) in [6, 6.07) is 2.28. The van der Waals surface area contributed by atoms with Crippen molar-refractivity contribution in [1.82, 2.24) is 4.72 Å². The van der Waals surface area contributed by atoms with E-state index in [-0.39, 0.29) is 11.5 Å². The van der Waals surface area contributed by atoms with Crippen molar-refractivity contribution in [2.45, 2.75) is 44.0 Å². The van der Waals surface area contributed by atoms with Crippen LogP contribution in [0.2, 0.25) is 0 Å². The molecule has 0 aromatic heterocycles. The first kappa shape index (κ1) is 14.4. The molecule has 0 aliphatic heterocycles. The minimum Gasteiger partial charge on any atom is -0.208 e. The van der Waals surface area contributed by atoms with Crippen molar-refractivity contribution >= 4 is 10.0 Å². The summed E-state index contributed by atoms with van der Waals surface area (Å²) in [4.78, 5) is -0.501. The zero-order chi connectivity index (χ0) is 14.3. The van der Waals surface area contributed by atoms with Gasteiger partial charge < -0.3 is 0 Å². The second-order valence-corrected chi connectivity index (χ2v) is 7.48. The van der Waals surface area contributed by atoms with Crippen LogP contribution in [0.1, 0.15) is 33.1 Å². The zero-order valence-electron chi connectivity index (χ0n) is 10.9. The zero-order valence-corrected chi connectivity index (χ0v) is 11.7. The average Bonchev–Trinajstić information content (AvgIpc) is 2.56. The van der Waals surface area contributed by atoms with Gasteiger partial charge in [0, 0.05) is 12.1 Å². The maximum atomic E-state index is 13.5. The first-order chi connectivity index (χ1) is 8.70. The molecule has 1 fully saturated rings. The third-order valence-electron chi connectivity index (χ3n) is 3.47. The van der Waals surface area contributed by atoms with Crippen molar-refractivity contribution in [2.24, 2.45) is 5.41 Å². The largest absolute Gasteiger partial charge is 0.243 e. The number of rotatable bonds is 3. The van der Waals surface area contributed by atoms with E-state index in [1.807, 2.05) is 0 Å². The topological polar surface area (TPSA) is 46.2 Å². The van der Waals surface area contributed by atoms with Crippen LogP contribution in [-0.2, 0) is 10.0 Å². The van der Waals surface area contributed by atoms with E-state index in [1.54, 1.807) is 0 Å². The third-order valence-corrected chi connectivity index (χ3v) is 5.03. The molecule has 1 saturated carbocycles. The van der Waals surface area contributed by atoms with Crippen molar-refractivity contribution in [3.8, 4) is 0 Å². The lowest BCUT2D eigenvalue weighted by molar-refractivity contribution is 0.372. The maximum Gasteiger partial charge on any atom is 0.243 e. The Hall–Kier alpha value is -1.01. The van der Waals surface area contributed by atoms with Gasteiger partial charge in [-0.15, -0.1) is 0 Å². The Morgan fingerprint density at radius 3 is 2.53 bits per heavy atom. The highest BCUT2D eigenvalue weighted by Crippen LogP contribution is 2.37.